The third kappa shape index (κ3) is 12.4. The second-order valence-electron chi connectivity index (χ2n) is 1.86. The van der Waals surface area contributed by atoms with E-state index in [-0.39, 0.29) is 44.1 Å². The van der Waals surface area contributed by atoms with E-state index >= 15 is 0 Å². The first-order valence-electron chi connectivity index (χ1n) is 3.13. The van der Waals surface area contributed by atoms with Crippen LogP contribution in [-0.2, 0) is 0 Å². The summed E-state index contributed by atoms with van der Waals surface area (Å²) in [5, 5.41) is 8.34. The molecule has 9 heavy (non-hydrogen) atoms. The van der Waals surface area contributed by atoms with E-state index in [0.717, 1.165) is 19.3 Å². The Balaban J connectivity index is 0. The first kappa shape index (κ1) is 12.8. The summed E-state index contributed by atoms with van der Waals surface area (Å²) in [6.07, 6.45) is 6.23. The summed E-state index contributed by atoms with van der Waals surface area (Å²) in [5.74, 6) is 0. The quantitative estimate of drug-likeness (QED) is 0.597. The maximum absolute atomic E-state index is 8.34. The topological polar surface area (TPSA) is 20.2 Å². The Morgan fingerprint density at radius 2 is 1.89 bits per heavy atom. The van der Waals surface area contributed by atoms with Gasteiger partial charge in [-0.05, 0) is 19.3 Å². The van der Waals surface area contributed by atoms with Crippen LogP contribution in [0.15, 0.2) is 12.7 Å². The molecule has 0 aliphatic carbocycles. The number of hydrogen-bond donors (Lipinski definition) is 1. The first-order valence-corrected chi connectivity index (χ1v) is 3.13. The summed E-state index contributed by atoms with van der Waals surface area (Å²) in [4.78, 5) is 0. The molecule has 0 unspecified atom stereocenters. The van der Waals surface area contributed by atoms with Gasteiger partial charge in [-0.15, -0.1) is 6.58 Å². The molecular formula is C7H14AcO. The van der Waals surface area contributed by atoms with E-state index in [1.54, 1.807) is 0 Å². The molecular weight excluding hydrogens is 327 g/mol. The number of hydrogen-bond acceptors (Lipinski definition) is 1. The molecule has 0 fully saturated rings. The summed E-state index contributed by atoms with van der Waals surface area (Å²) in [5.41, 5.74) is 0. The number of aliphatic hydroxyl groups excluding tert-OH is 1. The Bertz CT molecular complexity index is 54.9. The van der Waals surface area contributed by atoms with Crippen LogP contribution < -0.4 is 0 Å². The fourth-order valence-electron chi connectivity index (χ4n) is 0.577. The average molecular weight is 341 g/mol. The van der Waals surface area contributed by atoms with Gasteiger partial charge in [0.05, 0.1) is 0 Å². The smallest absolute Gasteiger partial charge is 0.0431 e. The molecule has 0 heterocycles. The Kier molecular flexibility index (Phi) is 16.9. The van der Waals surface area contributed by atoms with Crippen molar-refractivity contribution in [3.63, 3.8) is 0 Å². The molecule has 1 N–H and O–H groups in total. The standard InChI is InChI=1S/C7H14O.Ac/c1-2-3-4-5-6-7-8;/h2,8H,1,3-7H2;. The Hall–Kier alpha value is 1.14. The van der Waals surface area contributed by atoms with Crippen LogP contribution in [0.1, 0.15) is 25.7 Å². The van der Waals surface area contributed by atoms with Gasteiger partial charge in [-0.2, -0.15) is 0 Å². The molecule has 0 aromatic heterocycles. The fourth-order valence-corrected chi connectivity index (χ4v) is 0.577. The molecule has 0 atom stereocenters. The van der Waals surface area contributed by atoms with Crippen molar-refractivity contribution in [3.8, 4) is 0 Å². The minimum atomic E-state index is 0. The van der Waals surface area contributed by atoms with E-state index in [4.69, 9.17) is 5.11 Å². The molecule has 51 valence electrons. The number of aliphatic hydroxyl groups is 1. The SMILES string of the molecule is C=CCCCCCO.[Ac]. The van der Waals surface area contributed by atoms with Gasteiger partial charge in [-0.1, -0.05) is 12.5 Å². The minimum Gasteiger partial charge on any atom is -0.396 e. The van der Waals surface area contributed by atoms with Crippen LogP contribution in [0.4, 0.5) is 0 Å². The molecule has 0 aromatic carbocycles. The van der Waals surface area contributed by atoms with Crippen molar-refractivity contribution in [2.45, 2.75) is 25.7 Å². The van der Waals surface area contributed by atoms with E-state index in [0.29, 0.717) is 6.61 Å². The van der Waals surface area contributed by atoms with Crippen molar-refractivity contribution in [2.24, 2.45) is 0 Å². The molecule has 0 aliphatic rings. The van der Waals surface area contributed by atoms with Crippen molar-refractivity contribution < 1.29 is 49.2 Å². The minimum absolute atomic E-state index is 0. The summed E-state index contributed by atoms with van der Waals surface area (Å²) < 4.78 is 0. The van der Waals surface area contributed by atoms with Gasteiger partial charge >= 0.3 is 0 Å². The van der Waals surface area contributed by atoms with E-state index in [1.807, 2.05) is 6.08 Å². The zero-order valence-corrected chi connectivity index (χ0v) is 10.6. The first-order chi connectivity index (χ1) is 3.91. The van der Waals surface area contributed by atoms with Gasteiger partial charge in [0.15, 0.2) is 0 Å². The van der Waals surface area contributed by atoms with Crippen LogP contribution in [0, 0.1) is 44.1 Å². The van der Waals surface area contributed by atoms with Crippen LogP contribution in [-0.4, -0.2) is 11.7 Å². The Morgan fingerprint density at radius 1 is 1.22 bits per heavy atom. The third-order valence-corrected chi connectivity index (χ3v) is 1.07. The average Bonchev–Trinajstić information content (AvgIpc) is 1.81. The summed E-state index contributed by atoms with van der Waals surface area (Å²) >= 11 is 0. The monoisotopic (exact) mass is 341 g/mol. The molecule has 1 radical (unpaired) electrons. The van der Waals surface area contributed by atoms with Crippen LogP contribution in [0.25, 0.3) is 0 Å². The molecule has 0 aromatic rings. The number of unbranched alkanes of at least 4 members (excludes halogenated alkanes) is 3. The van der Waals surface area contributed by atoms with Crippen molar-refractivity contribution in [1.82, 2.24) is 0 Å². The molecule has 0 bridgehead atoms. The normalized spacial score (nSPS) is 8.11. The molecule has 0 amide bonds. The van der Waals surface area contributed by atoms with Crippen LogP contribution >= 0.6 is 0 Å². The van der Waals surface area contributed by atoms with E-state index < -0.39 is 0 Å². The van der Waals surface area contributed by atoms with E-state index in [2.05, 4.69) is 6.58 Å². The molecule has 0 spiro atoms. The zero-order chi connectivity index (χ0) is 6.24. The van der Waals surface area contributed by atoms with Crippen molar-refractivity contribution in [2.75, 3.05) is 6.61 Å². The maximum atomic E-state index is 8.34. The molecule has 0 saturated carbocycles. The van der Waals surface area contributed by atoms with E-state index in [1.165, 1.54) is 6.42 Å². The molecule has 0 saturated heterocycles. The second-order valence-corrected chi connectivity index (χ2v) is 1.86. The number of allylic oxidation sites excluding steroid dienone is 1. The Morgan fingerprint density at radius 3 is 2.33 bits per heavy atom. The largest absolute Gasteiger partial charge is 0.396 e. The van der Waals surface area contributed by atoms with Crippen molar-refractivity contribution in [1.29, 1.82) is 0 Å². The second kappa shape index (κ2) is 11.9. The van der Waals surface area contributed by atoms with Crippen molar-refractivity contribution in [3.05, 3.63) is 12.7 Å². The summed E-state index contributed by atoms with van der Waals surface area (Å²) in [6.45, 7) is 3.93. The van der Waals surface area contributed by atoms with Gasteiger partial charge in [0.1, 0.15) is 0 Å². The summed E-state index contributed by atoms with van der Waals surface area (Å²) in [6, 6.07) is 0. The molecule has 0 rings (SSSR count). The molecule has 0 aliphatic heterocycles. The predicted octanol–water partition coefficient (Wildman–Crippen LogP) is 1.73. The third-order valence-electron chi connectivity index (χ3n) is 1.07. The zero-order valence-electron chi connectivity index (χ0n) is 5.84. The molecule has 2 heteroatoms. The van der Waals surface area contributed by atoms with E-state index in [9.17, 15) is 0 Å². The van der Waals surface area contributed by atoms with Crippen LogP contribution in [0.3, 0.4) is 0 Å². The van der Waals surface area contributed by atoms with Crippen LogP contribution in [0.2, 0.25) is 0 Å². The molecule has 1 nitrogen and oxygen atoms in total. The summed E-state index contributed by atoms with van der Waals surface area (Å²) in [7, 11) is 0. The van der Waals surface area contributed by atoms with Gasteiger partial charge in [-0.25, -0.2) is 0 Å². The fraction of sp³-hybridized carbons (Fsp3) is 0.714. The predicted molar refractivity (Wildman–Crippen MR) is 35.8 cm³/mol. The Labute approximate surface area is 93.1 Å². The van der Waals surface area contributed by atoms with Gasteiger partial charge in [-0.3, -0.25) is 0 Å². The van der Waals surface area contributed by atoms with Gasteiger partial charge in [0.2, 0.25) is 0 Å². The maximum Gasteiger partial charge on any atom is 0.0431 e. The van der Waals surface area contributed by atoms with Crippen LogP contribution in [0.5, 0.6) is 0 Å². The number of rotatable bonds is 5. The van der Waals surface area contributed by atoms with Gasteiger partial charge < -0.3 is 5.11 Å². The van der Waals surface area contributed by atoms with Gasteiger partial charge in [0.25, 0.3) is 0 Å². The van der Waals surface area contributed by atoms with Gasteiger partial charge in [0, 0.05) is 50.7 Å². The van der Waals surface area contributed by atoms with Crippen molar-refractivity contribution >= 4 is 0 Å².